The van der Waals surface area contributed by atoms with E-state index in [1.54, 1.807) is 6.42 Å². The van der Waals surface area contributed by atoms with E-state index in [4.69, 9.17) is 0 Å². The van der Waals surface area contributed by atoms with Crippen molar-refractivity contribution >= 4 is 0 Å². The molecule has 2 bridgehead atoms. The number of fused-ring (bicyclic) bond motifs is 2. The number of rotatable bonds is 7. The van der Waals surface area contributed by atoms with Gasteiger partial charge in [0, 0.05) is 19.6 Å². The first kappa shape index (κ1) is 14.3. The third-order valence-electron chi connectivity index (χ3n) is 4.98. The van der Waals surface area contributed by atoms with Gasteiger partial charge in [0.15, 0.2) is 0 Å². The van der Waals surface area contributed by atoms with Crippen molar-refractivity contribution in [2.75, 3.05) is 33.2 Å². The number of hydrogen-bond acceptors (Lipinski definition) is 2. The average molecular weight is 252 g/mol. The van der Waals surface area contributed by atoms with Crippen molar-refractivity contribution in [2.24, 2.45) is 23.2 Å². The van der Waals surface area contributed by atoms with Crippen LogP contribution in [-0.2, 0) is 0 Å². The summed E-state index contributed by atoms with van der Waals surface area (Å²) in [7, 11) is 2.32. The zero-order valence-corrected chi connectivity index (χ0v) is 12.8. The van der Waals surface area contributed by atoms with Gasteiger partial charge < -0.3 is 10.2 Å². The van der Waals surface area contributed by atoms with Gasteiger partial charge in [-0.3, -0.25) is 0 Å². The number of nitrogens with one attached hydrogen (secondary N) is 1. The van der Waals surface area contributed by atoms with Crippen LogP contribution in [0.1, 0.15) is 46.5 Å². The van der Waals surface area contributed by atoms with Crippen molar-refractivity contribution in [3.8, 4) is 0 Å². The number of nitrogens with zero attached hydrogens (tertiary/aromatic N) is 1. The van der Waals surface area contributed by atoms with E-state index in [1.165, 1.54) is 32.4 Å². The lowest BCUT2D eigenvalue weighted by Crippen LogP contribution is -2.41. The van der Waals surface area contributed by atoms with E-state index in [1.807, 2.05) is 0 Å². The van der Waals surface area contributed by atoms with Gasteiger partial charge in [-0.25, -0.2) is 0 Å². The summed E-state index contributed by atoms with van der Waals surface area (Å²) >= 11 is 0. The Balaban J connectivity index is 1.73. The molecule has 106 valence electrons. The van der Waals surface area contributed by atoms with Gasteiger partial charge in [-0.05, 0) is 56.0 Å². The average Bonchev–Trinajstić information content (AvgIpc) is 2.87. The third-order valence-corrected chi connectivity index (χ3v) is 4.98. The van der Waals surface area contributed by atoms with Gasteiger partial charge in [-0.15, -0.1) is 0 Å². The van der Waals surface area contributed by atoms with E-state index in [0.717, 1.165) is 30.8 Å². The molecule has 2 heteroatoms. The zero-order valence-electron chi connectivity index (χ0n) is 12.8. The second-order valence-electron chi connectivity index (χ2n) is 7.58. The summed E-state index contributed by atoms with van der Waals surface area (Å²) in [5.41, 5.74) is 0.391. The Morgan fingerprint density at radius 1 is 1.22 bits per heavy atom. The Morgan fingerprint density at radius 3 is 2.56 bits per heavy atom. The van der Waals surface area contributed by atoms with Gasteiger partial charge in [0.1, 0.15) is 0 Å². The topological polar surface area (TPSA) is 15.3 Å². The first-order valence-electron chi connectivity index (χ1n) is 7.89. The van der Waals surface area contributed by atoms with Gasteiger partial charge >= 0.3 is 0 Å². The first-order chi connectivity index (χ1) is 8.50. The molecule has 0 aromatic carbocycles. The summed E-state index contributed by atoms with van der Waals surface area (Å²) in [4.78, 5) is 2.59. The second kappa shape index (κ2) is 5.92. The smallest absolute Gasteiger partial charge is 0.00419 e. The maximum absolute atomic E-state index is 3.49. The highest BCUT2D eigenvalue weighted by molar-refractivity contribution is 4.91. The largest absolute Gasteiger partial charge is 0.316 e. The van der Waals surface area contributed by atoms with Crippen molar-refractivity contribution in [2.45, 2.75) is 46.5 Å². The Hall–Kier alpha value is -0.0800. The highest BCUT2D eigenvalue weighted by Gasteiger charge is 2.39. The minimum Gasteiger partial charge on any atom is -0.316 e. The van der Waals surface area contributed by atoms with E-state index in [2.05, 4.69) is 38.0 Å². The van der Waals surface area contributed by atoms with Crippen LogP contribution in [0.5, 0.6) is 0 Å². The highest BCUT2D eigenvalue weighted by Crippen LogP contribution is 2.48. The minimum absolute atomic E-state index is 0.391. The predicted molar refractivity (Wildman–Crippen MR) is 78.8 cm³/mol. The molecule has 0 aliphatic heterocycles. The maximum atomic E-state index is 3.49. The van der Waals surface area contributed by atoms with Crippen LogP contribution >= 0.6 is 0 Å². The Bertz CT molecular complexity index is 262. The summed E-state index contributed by atoms with van der Waals surface area (Å²) in [5.74, 6) is 3.15. The fraction of sp³-hybridized carbons (Fsp3) is 1.00. The quantitative estimate of drug-likeness (QED) is 0.749. The molecule has 2 saturated carbocycles. The lowest BCUT2D eigenvalue weighted by Gasteiger charge is -2.33. The molecular weight excluding hydrogens is 220 g/mol. The van der Waals surface area contributed by atoms with Gasteiger partial charge in [0.25, 0.3) is 0 Å². The molecule has 3 unspecified atom stereocenters. The van der Waals surface area contributed by atoms with Crippen LogP contribution in [0.25, 0.3) is 0 Å². The summed E-state index contributed by atoms with van der Waals surface area (Å²) in [6.07, 6.45) is 6.10. The van der Waals surface area contributed by atoms with Crippen LogP contribution in [0.3, 0.4) is 0 Å². The van der Waals surface area contributed by atoms with Crippen LogP contribution in [0.4, 0.5) is 0 Å². The van der Waals surface area contributed by atoms with Gasteiger partial charge in [0.2, 0.25) is 0 Å². The van der Waals surface area contributed by atoms with Crippen molar-refractivity contribution in [3.63, 3.8) is 0 Å². The molecule has 1 N–H and O–H groups in total. The number of hydrogen-bond donors (Lipinski definition) is 1. The van der Waals surface area contributed by atoms with Gasteiger partial charge in [-0.1, -0.05) is 27.2 Å². The van der Waals surface area contributed by atoms with E-state index in [9.17, 15) is 0 Å². The molecule has 3 atom stereocenters. The third kappa shape index (κ3) is 3.71. The summed E-state index contributed by atoms with van der Waals surface area (Å²) in [6, 6.07) is 0. The van der Waals surface area contributed by atoms with E-state index in [0.29, 0.717) is 5.41 Å². The van der Waals surface area contributed by atoms with Crippen molar-refractivity contribution in [1.82, 2.24) is 10.2 Å². The molecule has 0 heterocycles. The van der Waals surface area contributed by atoms with Crippen LogP contribution < -0.4 is 5.32 Å². The summed E-state index contributed by atoms with van der Waals surface area (Å²) < 4.78 is 0. The molecule has 2 fully saturated rings. The van der Waals surface area contributed by atoms with Gasteiger partial charge in [0.05, 0.1) is 0 Å². The molecule has 2 aliphatic rings. The second-order valence-corrected chi connectivity index (χ2v) is 7.58. The summed E-state index contributed by atoms with van der Waals surface area (Å²) in [6.45, 7) is 11.7. The molecule has 0 spiro atoms. The van der Waals surface area contributed by atoms with Crippen molar-refractivity contribution < 1.29 is 0 Å². The molecule has 0 aromatic heterocycles. The summed E-state index contributed by atoms with van der Waals surface area (Å²) in [5, 5.41) is 3.49. The van der Waals surface area contributed by atoms with Crippen LogP contribution in [0.15, 0.2) is 0 Å². The van der Waals surface area contributed by atoms with Crippen molar-refractivity contribution in [3.05, 3.63) is 0 Å². The van der Waals surface area contributed by atoms with E-state index < -0.39 is 0 Å². The normalized spacial score (nSPS) is 31.5. The molecule has 2 aliphatic carbocycles. The Morgan fingerprint density at radius 2 is 2.00 bits per heavy atom. The lowest BCUT2D eigenvalue weighted by atomic mass is 9.87. The first-order valence-corrected chi connectivity index (χ1v) is 7.89. The van der Waals surface area contributed by atoms with Crippen LogP contribution in [-0.4, -0.2) is 38.1 Å². The van der Waals surface area contributed by atoms with E-state index >= 15 is 0 Å². The standard InChI is InChI=1S/C16H32N2/c1-5-17-11-16(2,3)12-18(4)10-15-9-13-6-7-14(15)8-13/h13-15,17H,5-12H2,1-4H3. The Kier molecular flexibility index (Phi) is 4.71. The minimum atomic E-state index is 0.391. The maximum Gasteiger partial charge on any atom is 0.00419 e. The zero-order chi connectivity index (χ0) is 13.2. The monoisotopic (exact) mass is 252 g/mol. The SMILES string of the molecule is CCNCC(C)(C)CN(C)CC1CC2CCC1C2. The fourth-order valence-corrected chi connectivity index (χ4v) is 4.31. The molecule has 2 rings (SSSR count). The van der Waals surface area contributed by atoms with Crippen LogP contribution in [0.2, 0.25) is 0 Å². The predicted octanol–water partition coefficient (Wildman–Crippen LogP) is 2.99. The Labute approximate surface area is 114 Å². The molecule has 0 radical (unpaired) electrons. The molecule has 0 aromatic rings. The molecular formula is C16H32N2. The molecule has 18 heavy (non-hydrogen) atoms. The molecule has 2 nitrogen and oxygen atoms in total. The molecule has 0 amide bonds. The van der Waals surface area contributed by atoms with Gasteiger partial charge in [-0.2, -0.15) is 0 Å². The van der Waals surface area contributed by atoms with Crippen molar-refractivity contribution in [1.29, 1.82) is 0 Å². The van der Waals surface area contributed by atoms with E-state index in [-0.39, 0.29) is 0 Å². The molecule has 0 saturated heterocycles. The lowest BCUT2D eigenvalue weighted by molar-refractivity contribution is 0.160. The fourth-order valence-electron chi connectivity index (χ4n) is 4.31. The van der Waals surface area contributed by atoms with Crippen LogP contribution in [0, 0.1) is 23.2 Å². The highest BCUT2D eigenvalue weighted by atomic mass is 15.1.